The van der Waals surface area contributed by atoms with Crippen molar-refractivity contribution in [3.63, 3.8) is 0 Å². The second-order valence-corrected chi connectivity index (χ2v) is 6.11. The van der Waals surface area contributed by atoms with Gasteiger partial charge in [-0.3, -0.25) is 4.79 Å². The average Bonchev–Trinajstić information content (AvgIpc) is 2.77. The zero-order valence-corrected chi connectivity index (χ0v) is 11.7. The fourth-order valence-electron chi connectivity index (χ4n) is 2.20. The van der Waals surface area contributed by atoms with Crippen molar-refractivity contribution in [2.24, 2.45) is 0 Å². The lowest BCUT2D eigenvalue weighted by Gasteiger charge is -2.20. The predicted octanol–water partition coefficient (Wildman–Crippen LogP) is 2.28. The molecule has 1 aromatic rings. The first-order valence-electron chi connectivity index (χ1n) is 6.37. The molecule has 1 amide bonds. The molecule has 0 bridgehead atoms. The van der Waals surface area contributed by atoms with Crippen molar-refractivity contribution in [2.75, 3.05) is 18.1 Å². The van der Waals surface area contributed by atoms with Gasteiger partial charge >= 0.3 is 0 Å². The molecular formula is C14H20N2OS. The summed E-state index contributed by atoms with van der Waals surface area (Å²) in [6.45, 7) is 2.26. The monoisotopic (exact) mass is 264 g/mol. The molecule has 2 N–H and O–H groups in total. The van der Waals surface area contributed by atoms with E-state index in [0.717, 1.165) is 11.3 Å². The van der Waals surface area contributed by atoms with Crippen molar-refractivity contribution in [1.29, 1.82) is 0 Å². The second kappa shape index (κ2) is 6.14. The van der Waals surface area contributed by atoms with Crippen LogP contribution < -0.4 is 10.6 Å². The van der Waals surface area contributed by atoms with Crippen molar-refractivity contribution in [3.8, 4) is 0 Å². The van der Waals surface area contributed by atoms with Gasteiger partial charge in [-0.05, 0) is 23.8 Å². The van der Waals surface area contributed by atoms with Gasteiger partial charge in [-0.2, -0.15) is 11.8 Å². The molecule has 0 aliphatic carbocycles. The number of thioether (sulfide) groups is 1. The Kier molecular flexibility index (Phi) is 4.53. The van der Waals surface area contributed by atoms with Gasteiger partial charge in [-0.1, -0.05) is 25.1 Å². The van der Waals surface area contributed by atoms with Gasteiger partial charge in [0, 0.05) is 24.0 Å². The van der Waals surface area contributed by atoms with E-state index in [9.17, 15) is 4.79 Å². The molecule has 2 unspecified atom stereocenters. The van der Waals surface area contributed by atoms with E-state index in [1.807, 2.05) is 30.0 Å². The first kappa shape index (κ1) is 13.3. The van der Waals surface area contributed by atoms with Crippen LogP contribution in [0.25, 0.3) is 0 Å². The number of benzene rings is 1. The zero-order chi connectivity index (χ0) is 13.0. The molecule has 4 heteroatoms. The summed E-state index contributed by atoms with van der Waals surface area (Å²) in [6, 6.07) is 8.60. The van der Waals surface area contributed by atoms with E-state index in [0.29, 0.717) is 17.7 Å². The largest absolute Gasteiger partial charge is 0.381 e. The molecule has 1 aliphatic rings. The van der Waals surface area contributed by atoms with Crippen molar-refractivity contribution in [1.82, 2.24) is 5.32 Å². The van der Waals surface area contributed by atoms with E-state index in [4.69, 9.17) is 0 Å². The van der Waals surface area contributed by atoms with Crippen LogP contribution in [-0.4, -0.2) is 30.0 Å². The van der Waals surface area contributed by atoms with Gasteiger partial charge in [0.1, 0.15) is 0 Å². The quantitative estimate of drug-likeness (QED) is 0.876. The normalized spacial score (nSPS) is 22.8. The number of hydrogen-bond acceptors (Lipinski definition) is 3. The van der Waals surface area contributed by atoms with Crippen LogP contribution in [0.3, 0.4) is 0 Å². The van der Waals surface area contributed by atoms with Crippen LogP contribution in [-0.2, 0) is 11.2 Å². The van der Waals surface area contributed by atoms with E-state index in [2.05, 4.69) is 23.6 Å². The molecule has 18 heavy (non-hydrogen) atoms. The smallest absolute Gasteiger partial charge is 0.224 e. The lowest BCUT2D eigenvalue weighted by Crippen LogP contribution is -2.26. The third kappa shape index (κ3) is 3.19. The lowest BCUT2D eigenvalue weighted by atomic mass is 10.1. The molecule has 1 aromatic carbocycles. The maximum absolute atomic E-state index is 11.5. The third-order valence-corrected chi connectivity index (χ3v) is 4.69. The fourth-order valence-corrected chi connectivity index (χ4v) is 3.40. The number of anilines is 1. The summed E-state index contributed by atoms with van der Waals surface area (Å²) in [7, 11) is 1.67. The minimum atomic E-state index is 0.0538. The van der Waals surface area contributed by atoms with Crippen LogP contribution in [0.5, 0.6) is 0 Å². The Hall–Kier alpha value is -1.16. The summed E-state index contributed by atoms with van der Waals surface area (Å²) < 4.78 is 0. The Balaban J connectivity index is 2.09. The number of para-hydroxylation sites is 1. The Labute approximate surface area is 113 Å². The summed E-state index contributed by atoms with van der Waals surface area (Å²) in [4.78, 5) is 11.5. The number of carbonyl (C=O) groups excluding carboxylic acids is 1. The highest BCUT2D eigenvalue weighted by Gasteiger charge is 2.24. The van der Waals surface area contributed by atoms with Crippen LogP contribution in [0.15, 0.2) is 24.3 Å². The van der Waals surface area contributed by atoms with E-state index in [1.54, 1.807) is 7.05 Å². The lowest BCUT2D eigenvalue weighted by molar-refractivity contribution is -0.119. The molecule has 0 radical (unpaired) electrons. The SMILES string of the molecule is CNC(=O)Cc1ccccc1NC1CCSC1C. The van der Waals surface area contributed by atoms with E-state index < -0.39 is 0 Å². The standard InChI is InChI=1S/C14H20N2OS/c1-10-12(7-8-18-10)16-13-6-4-3-5-11(13)9-14(17)15-2/h3-6,10,12,16H,7-9H2,1-2H3,(H,15,17). The van der Waals surface area contributed by atoms with Crippen LogP contribution in [0.2, 0.25) is 0 Å². The topological polar surface area (TPSA) is 41.1 Å². The molecule has 0 spiro atoms. The molecule has 0 aromatic heterocycles. The van der Waals surface area contributed by atoms with E-state index >= 15 is 0 Å². The zero-order valence-electron chi connectivity index (χ0n) is 10.9. The van der Waals surface area contributed by atoms with Gasteiger partial charge in [0.2, 0.25) is 5.91 Å². The first-order chi connectivity index (χ1) is 8.70. The molecule has 1 fully saturated rings. The summed E-state index contributed by atoms with van der Waals surface area (Å²) in [5.41, 5.74) is 2.17. The molecular weight excluding hydrogens is 244 g/mol. The molecule has 1 heterocycles. The molecule has 98 valence electrons. The Bertz CT molecular complexity index is 422. The molecule has 1 saturated heterocycles. The predicted molar refractivity (Wildman–Crippen MR) is 78.2 cm³/mol. The van der Waals surface area contributed by atoms with E-state index in [1.165, 1.54) is 12.2 Å². The van der Waals surface area contributed by atoms with Crippen LogP contribution in [0.1, 0.15) is 18.9 Å². The van der Waals surface area contributed by atoms with Crippen molar-refractivity contribution in [2.45, 2.75) is 31.1 Å². The molecule has 1 aliphatic heterocycles. The van der Waals surface area contributed by atoms with Gasteiger partial charge in [0.25, 0.3) is 0 Å². The molecule has 0 saturated carbocycles. The van der Waals surface area contributed by atoms with Gasteiger partial charge in [-0.15, -0.1) is 0 Å². The van der Waals surface area contributed by atoms with Gasteiger partial charge in [0.15, 0.2) is 0 Å². The maximum atomic E-state index is 11.5. The minimum absolute atomic E-state index is 0.0538. The highest BCUT2D eigenvalue weighted by molar-refractivity contribution is 8.00. The van der Waals surface area contributed by atoms with Crippen molar-refractivity contribution in [3.05, 3.63) is 29.8 Å². The van der Waals surface area contributed by atoms with E-state index in [-0.39, 0.29) is 5.91 Å². The first-order valence-corrected chi connectivity index (χ1v) is 7.42. The summed E-state index contributed by atoms with van der Waals surface area (Å²) in [5.74, 6) is 1.27. The van der Waals surface area contributed by atoms with Gasteiger partial charge in [0.05, 0.1) is 6.42 Å². The second-order valence-electron chi connectivity index (χ2n) is 4.62. The highest BCUT2D eigenvalue weighted by atomic mass is 32.2. The van der Waals surface area contributed by atoms with Crippen molar-refractivity contribution < 1.29 is 4.79 Å². The average molecular weight is 264 g/mol. The molecule has 2 rings (SSSR count). The Morgan fingerprint density at radius 1 is 1.44 bits per heavy atom. The third-order valence-electron chi connectivity index (χ3n) is 3.36. The highest BCUT2D eigenvalue weighted by Crippen LogP contribution is 2.29. The molecule has 3 nitrogen and oxygen atoms in total. The number of nitrogens with one attached hydrogen (secondary N) is 2. The van der Waals surface area contributed by atoms with Gasteiger partial charge in [-0.25, -0.2) is 0 Å². The summed E-state index contributed by atoms with van der Waals surface area (Å²) in [6.07, 6.45) is 1.63. The Morgan fingerprint density at radius 3 is 2.89 bits per heavy atom. The maximum Gasteiger partial charge on any atom is 0.224 e. The molecule has 2 atom stereocenters. The number of amides is 1. The van der Waals surface area contributed by atoms with Crippen LogP contribution in [0.4, 0.5) is 5.69 Å². The summed E-state index contributed by atoms with van der Waals surface area (Å²) >= 11 is 2.01. The van der Waals surface area contributed by atoms with Crippen LogP contribution >= 0.6 is 11.8 Å². The number of hydrogen-bond donors (Lipinski definition) is 2. The Morgan fingerprint density at radius 2 is 2.22 bits per heavy atom. The summed E-state index contributed by atoms with van der Waals surface area (Å²) in [5, 5.41) is 6.90. The van der Waals surface area contributed by atoms with Gasteiger partial charge < -0.3 is 10.6 Å². The minimum Gasteiger partial charge on any atom is -0.381 e. The number of rotatable bonds is 4. The van der Waals surface area contributed by atoms with Crippen LogP contribution in [0, 0.1) is 0 Å². The van der Waals surface area contributed by atoms with Crippen molar-refractivity contribution >= 4 is 23.4 Å². The fraction of sp³-hybridized carbons (Fsp3) is 0.500. The number of carbonyl (C=O) groups is 1. The number of likely N-dealkylation sites (N-methyl/N-ethyl adjacent to an activating group) is 1.